The van der Waals surface area contributed by atoms with Crippen molar-refractivity contribution in [2.45, 2.75) is 6.10 Å². The lowest BCUT2D eigenvalue weighted by Gasteiger charge is -2.24. The van der Waals surface area contributed by atoms with Gasteiger partial charge >= 0.3 is 0 Å². The smallest absolute Gasteiger partial charge is 0.0956 e. The average molecular weight is 262 g/mol. The number of hydrogen-bond acceptors (Lipinski definition) is 2. The first-order chi connectivity index (χ1) is 9.90. The monoisotopic (exact) mass is 262 g/mol. The zero-order chi connectivity index (χ0) is 13.4. The van der Waals surface area contributed by atoms with Gasteiger partial charge in [-0.2, -0.15) is 0 Å². The number of fused-ring (bicyclic) bond motifs is 2. The van der Waals surface area contributed by atoms with E-state index in [4.69, 9.17) is 4.74 Å². The third kappa shape index (κ3) is 2.07. The first-order valence-electron chi connectivity index (χ1n) is 7.07. The van der Waals surface area contributed by atoms with Crippen molar-refractivity contribution in [3.63, 3.8) is 0 Å². The average Bonchev–Trinajstić information content (AvgIpc) is 2.53. The zero-order valence-electron chi connectivity index (χ0n) is 11.2. The molecule has 20 heavy (non-hydrogen) atoms. The molecule has 2 heteroatoms. The summed E-state index contributed by atoms with van der Waals surface area (Å²) in [5.41, 5.74) is 1.14. The van der Waals surface area contributed by atoms with E-state index in [2.05, 4.69) is 59.9 Å². The van der Waals surface area contributed by atoms with Crippen LogP contribution in [0.25, 0.3) is 21.5 Å². The quantitative estimate of drug-likeness (QED) is 0.678. The van der Waals surface area contributed by atoms with Crippen LogP contribution in [-0.4, -0.2) is 19.7 Å². The summed E-state index contributed by atoms with van der Waals surface area (Å²) in [6.45, 7) is 2.58. The van der Waals surface area contributed by atoms with E-state index in [-0.39, 0.29) is 6.10 Å². The summed E-state index contributed by atoms with van der Waals surface area (Å²) in [7, 11) is 0. The first kappa shape index (κ1) is 11.9. The predicted molar refractivity (Wildman–Crippen MR) is 81.9 cm³/mol. The zero-order valence-corrected chi connectivity index (χ0v) is 11.2. The van der Waals surface area contributed by atoms with E-state index in [1.165, 1.54) is 16.2 Å². The Bertz CT molecular complexity index is 760. The van der Waals surface area contributed by atoms with Crippen LogP contribution in [0.15, 0.2) is 48.5 Å². The van der Waals surface area contributed by atoms with Gasteiger partial charge in [0.15, 0.2) is 0 Å². The third-order valence-corrected chi connectivity index (χ3v) is 3.91. The van der Waals surface area contributed by atoms with Gasteiger partial charge in [-0.3, -0.25) is 0 Å². The van der Waals surface area contributed by atoms with Gasteiger partial charge in [0.1, 0.15) is 0 Å². The summed E-state index contributed by atoms with van der Waals surface area (Å²) in [4.78, 5) is 0. The Morgan fingerprint density at radius 2 is 1.85 bits per heavy atom. The molecule has 3 aromatic rings. The Morgan fingerprint density at radius 1 is 1.00 bits per heavy atom. The second kappa shape index (κ2) is 4.89. The predicted octanol–water partition coefficient (Wildman–Crippen LogP) is 3.45. The molecule has 1 aliphatic heterocycles. The van der Waals surface area contributed by atoms with Gasteiger partial charge in [-0.25, -0.2) is 0 Å². The normalized spacial score (nSPS) is 19.5. The summed E-state index contributed by atoms with van der Waals surface area (Å²) >= 11 is 0. The van der Waals surface area contributed by atoms with Crippen molar-refractivity contribution in [2.24, 2.45) is 0 Å². The van der Waals surface area contributed by atoms with Crippen molar-refractivity contribution in [3.05, 3.63) is 60.2 Å². The van der Waals surface area contributed by atoms with E-state index in [9.17, 15) is 0 Å². The van der Waals surface area contributed by atoms with Crippen LogP contribution in [0.5, 0.6) is 0 Å². The SMILES string of the molecule is [c]1c(C2CNCCO2)ccc2cc3ccccc3cc12. The van der Waals surface area contributed by atoms with Gasteiger partial charge in [0.25, 0.3) is 0 Å². The minimum atomic E-state index is 0.125. The van der Waals surface area contributed by atoms with E-state index < -0.39 is 0 Å². The second-order valence-electron chi connectivity index (χ2n) is 5.26. The second-order valence-corrected chi connectivity index (χ2v) is 5.26. The van der Waals surface area contributed by atoms with Crippen LogP contribution in [0.4, 0.5) is 0 Å². The van der Waals surface area contributed by atoms with Gasteiger partial charge < -0.3 is 10.1 Å². The Labute approximate surface area is 118 Å². The maximum absolute atomic E-state index is 5.81. The molecular weight excluding hydrogens is 246 g/mol. The minimum absolute atomic E-state index is 0.125. The van der Waals surface area contributed by atoms with Crippen LogP contribution in [-0.2, 0) is 4.74 Å². The molecule has 0 bridgehead atoms. The lowest BCUT2D eigenvalue weighted by atomic mass is 9.99. The highest BCUT2D eigenvalue weighted by molar-refractivity contribution is 5.98. The Balaban J connectivity index is 1.83. The molecular formula is C18H16NO. The highest BCUT2D eigenvalue weighted by atomic mass is 16.5. The van der Waals surface area contributed by atoms with Crippen molar-refractivity contribution in [2.75, 3.05) is 19.7 Å². The van der Waals surface area contributed by atoms with Gasteiger partial charge in [-0.15, -0.1) is 0 Å². The van der Waals surface area contributed by atoms with E-state index in [1.807, 2.05) is 0 Å². The molecule has 0 spiro atoms. The van der Waals surface area contributed by atoms with E-state index in [0.29, 0.717) is 0 Å². The van der Waals surface area contributed by atoms with E-state index in [0.717, 1.165) is 30.6 Å². The third-order valence-electron chi connectivity index (χ3n) is 3.91. The molecule has 0 aliphatic carbocycles. The van der Waals surface area contributed by atoms with Crippen LogP contribution < -0.4 is 5.32 Å². The standard InChI is InChI=1S/C18H16NO/c1-2-4-14-10-17-11-16(18-12-19-7-8-20-18)6-5-15(17)9-13(14)3-1/h1-6,9-10,18-19H,7-8,12H2. The van der Waals surface area contributed by atoms with Crippen LogP contribution in [0.2, 0.25) is 0 Å². The number of ether oxygens (including phenoxy) is 1. The van der Waals surface area contributed by atoms with Crippen LogP contribution in [0.3, 0.4) is 0 Å². The maximum Gasteiger partial charge on any atom is 0.0956 e. The van der Waals surface area contributed by atoms with Gasteiger partial charge in [0, 0.05) is 13.1 Å². The minimum Gasteiger partial charge on any atom is -0.371 e. The van der Waals surface area contributed by atoms with Crippen LogP contribution in [0, 0.1) is 6.07 Å². The molecule has 1 fully saturated rings. The highest BCUT2D eigenvalue weighted by Crippen LogP contribution is 2.26. The number of morpholine rings is 1. The molecule has 0 amide bonds. The molecule has 4 rings (SSSR count). The Hall–Kier alpha value is -1.90. The van der Waals surface area contributed by atoms with Crippen molar-refractivity contribution < 1.29 is 4.74 Å². The Morgan fingerprint density at radius 3 is 2.65 bits per heavy atom. The maximum atomic E-state index is 5.81. The molecule has 1 N–H and O–H groups in total. The molecule has 0 saturated carbocycles. The molecule has 1 aliphatic rings. The number of nitrogens with one attached hydrogen (secondary N) is 1. The lowest BCUT2D eigenvalue weighted by molar-refractivity contribution is 0.0276. The number of benzene rings is 3. The molecule has 1 saturated heterocycles. The van der Waals surface area contributed by atoms with Gasteiger partial charge in [0.05, 0.1) is 12.7 Å². The van der Waals surface area contributed by atoms with E-state index in [1.54, 1.807) is 0 Å². The molecule has 0 aromatic heterocycles. The first-order valence-corrected chi connectivity index (χ1v) is 7.07. The molecule has 3 aromatic carbocycles. The highest BCUT2D eigenvalue weighted by Gasteiger charge is 2.16. The summed E-state index contributed by atoms with van der Waals surface area (Å²) in [6, 6.07) is 20.7. The Kier molecular flexibility index (Phi) is 2.91. The van der Waals surface area contributed by atoms with Crippen LogP contribution >= 0.6 is 0 Å². The summed E-state index contributed by atoms with van der Waals surface area (Å²) in [5, 5.41) is 8.30. The fourth-order valence-corrected chi connectivity index (χ4v) is 2.83. The largest absolute Gasteiger partial charge is 0.371 e. The van der Waals surface area contributed by atoms with Crippen molar-refractivity contribution >= 4 is 21.5 Å². The molecule has 1 heterocycles. The van der Waals surface area contributed by atoms with Crippen LogP contribution in [0.1, 0.15) is 11.7 Å². The van der Waals surface area contributed by atoms with Gasteiger partial charge in [-0.05, 0) is 45.3 Å². The van der Waals surface area contributed by atoms with Crippen molar-refractivity contribution in [1.29, 1.82) is 0 Å². The fourth-order valence-electron chi connectivity index (χ4n) is 2.83. The summed E-state index contributed by atoms with van der Waals surface area (Å²) in [6.07, 6.45) is 0.125. The molecule has 1 unspecified atom stereocenters. The molecule has 2 nitrogen and oxygen atoms in total. The van der Waals surface area contributed by atoms with E-state index >= 15 is 0 Å². The van der Waals surface area contributed by atoms with Crippen molar-refractivity contribution in [1.82, 2.24) is 5.32 Å². The van der Waals surface area contributed by atoms with Crippen molar-refractivity contribution in [3.8, 4) is 0 Å². The number of rotatable bonds is 1. The molecule has 1 radical (unpaired) electrons. The van der Waals surface area contributed by atoms with Gasteiger partial charge in [0.2, 0.25) is 0 Å². The summed E-state index contributed by atoms with van der Waals surface area (Å²) < 4.78 is 5.81. The van der Waals surface area contributed by atoms with Gasteiger partial charge in [-0.1, -0.05) is 36.4 Å². The fraction of sp³-hybridized carbons (Fsp3) is 0.222. The molecule has 99 valence electrons. The lowest BCUT2D eigenvalue weighted by Crippen LogP contribution is -2.33. The summed E-state index contributed by atoms with van der Waals surface area (Å²) in [5.74, 6) is 0. The number of hydrogen-bond donors (Lipinski definition) is 1. The topological polar surface area (TPSA) is 21.3 Å². The molecule has 1 atom stereocenters.